The van der Waals surface area contributed by atoms with E-state index < -0.39 is 28.0 Å². The van der Waals surface area contributed by atoms with Gasteiger partial charge in [0.2, 0.25) is 16.0 Å². The first-order valence-corrected chi connectivity index (χ1v) is 11.6. The molecule has 1 saturated heterocycles. The highest BCUT2D eigenvalue weighted by atomic mass is 32.2. The second-order valence-electron chi connectivity index (χ2n) is 8.31. The fourth-order valence-corrected chi connectivity index (χ4v) is 5.13. The number of hydrogen-bond acceptors (Lipinski definition) is 8. The van der Waals surface area contributed by atoms with E-state index in [4.69, 9.17) is 9.88 Å². The van der Waals surface area contributed by atoms with E-state index in [0.29, 0.717) is 28.3 Å². The average molecular weight is 453 g/mol. The number of sulfonamides is 1. The van der Waals surface area contributed by atoms with Gasteiger partial charge in [-0.2, -0.15) is 8.78 Å². The van der Waals surface area contributed by atoms with Crippen molar-refractivity contribution < 1.29 is 27.0 Å². The molecule has 0 amide bonds. The Morgan fingerprint density at radius 2 is 2.16 bits per heavy atom. The Balaban J connectivity index is 1.57. The van der Waals surface area contributed by atoms with Gasteiger partial charge in [-0.3, -0.25) is 4.98 Å². The van der Waals surface area contributed by atoms with Gasteiger partial charge in [-0.1, -0.05) is 0 Å². The lowest BCUT2D eigenvalue weighted by atomic mass is 10.0. The summed E-state index contributed by atoms with van der Waals surface area (Å²) < 4.78 is 57.6. The molecule has 4 heterocycles. The number of aromatic nitrogens is 3. The number of ether oxygens (including phenoxy) is 1. The maximum Gasteiger partial charge on any atom is 0.290 e. The van der Waals surface area contributed by atoms with Crippen LogP contribution in [0.25, 0.3) is 11.3 Å². The van der Waals surface area contributed by atoms with E-state index in [9.17, 15) is 22.3 Å². The number of fused-ring (bicyclic) bond motifs is 2. The van der Waals surface area contributed by atoms with Crippen LogP contribution in [-0.2, 0) is 22.4 Å². The van der Waals surface area contributed by atoms with Crippen molar-refractivity contribution in [3.05, 3.63) is 29.2 Å². The van der Waals surface area contributed by atoms with E-state index in [1.807, 2.05) is 0 Å². The van der Waals surface area contributed by atoms with Crippen molar-refractivity contribution in [2.45, 2.75) is 43.8 Å². The Morgan fingerprint density at radius 3 is 2.84 bits per heavy atom. The second-order valence-corrected chi connectivity index (χ2v) is 9.97. The van der Waals surface area contributed by atoms with Crippen LogP contribution < -0.4 is 14.8 Å². The summed E-state index contributed by atoms with van der Waals surface area (Å²) in [7, 11) is -3.70. The molecule has 1 aliphatic carbocycles. The van der Waals surface area contributed by atoms with E-state index in [-0.39, 0.29) is 49.4 Å². The minimum absolute atomic E-state index is 0.122. The van der Waals surface area contributed by atoms with Crippen molar-refractivity contribution in [3.8, 4) is 17.0 Å². The molecule has 0 unspecified atom stereocenters. The molecule has 2 aromatic heterocycles. The molecule has 0 bridgehead atoms. The fourth-order valence-electron chi connectivity index (χ4n) is 4.32. The van der Waals surface area contributed by atoms with Crippen molar-refractivity contribution in [2.75, 3.05) is 23.8 Å². The maximum absolute atomic E-state index is 14.5. The van der Waals surface area contributed by atoms with Crippen LogP contribution in [0.5, 0.6) is 5.75 Å². The zero-order valence-electron chi connectivity index (χ0n) is 16.6. The second kappa shape index (κ2) is 6.78. The van der Waals surface area contributed by atoms with E-state index >= 15 is 0 Å². The van der Waals surface area contributed by atoms with Crippen LogP contribution in [0, 0.1) is 0 Å². The minimum atomic E-state index is -3.70. The number of anilines is 1. The SMILES string of the molecule is C[C@H]1[C@H](O)CN1c1nc(-c2cnc3c(c2)OC[C@H]3CS(N)(=O)=O)c2c(n1)C(F)(F)CC2. The Kier molecular flexibility index (Phi) is 4.47. The van der Waals surface area contributed by atoms with E-state index in [0.717, 1.165) is 0 Å². The number of aliphatic hydroxyl groups excluding tert-OH is 1. The molecular formula is C19H21F2N5O4S. The largest absolute Gasteiger partial charge is 0.491 e. The Morgan fingerprint density at radius 1 is 1.39 bits per heavy atom. The van der Waals surface area contributed by atoms with Crippen molar-refractivity contribution >= 4 is 16.0 Å². The number of hydrogen-bond donors (Lipinski definition) is 2. The van der Waals surface area contributed by atoms with Gasteiger partial charge in [-0.05, 0) is 19.4 Å². The molecule has 0 aromatic carbocycles. The molecule has 9 nitrogen and oxygen atoms in total. The molecule has 0 spiro atoms. The fraction of sp³-hybridized carbons (Fsp3) is 0.526. The van der Waals surface area contributed by atoms with Gasteiger partial charge in [0.1, 0.15) is 11.4 Å². The van der Waals surface area contributed by atoms with Gasteiger partial charge in [0.25, 0.3) is 5.92 Å². The molecule has 3 aliphatic rings. The molecule has 12 heteroatoms. The predicted octanol–water partition coefficient (Wildman–Crippen LogP) is 0.911. The molecule has 3 atom stereocenters. The van der Waals surface area contributed by atoms with Crippen LogP contribution >= 0.6 is 0 Å². The van der Waals surface area contributed by atoms with Gasteiger partial charge >= 0.3 is 0 Å². The number of nitrogens with zero attached hydrogens (tertiary/aromatic N) is 4. The topological polar surface area (TPSA) is 132 Å². The van der Waals surface area contributed by atoms with Gasteiger partial charge < -0.3 is 14.7 Å². The summed E-state index contributed by atoms with van der Waals surface area (Å²) in [6.07, 6.45) is 0.701. The first-order chi connectivity index (χ1) is 14.5. The van der Waals surface area contributed by atoms with Crippen LogP contribution in [-0.4, -0.2) is 59.5 Å². The van der Waals surface area contributed by atoms with E-state index in [1.165, 1.54) is 6.20 Å². The summed E-state index contributed by atoms with van der Waals surface area (Å²) in [5.74, 6) is -3.31. The molecule has 0 radical (unpaired) electrons. The monoisotopic (exact) mass is 453 g/mol. The number of pyridine rings is 1. The molecule has 2 aliphatic heterocycles. The highest BCUT2D eigenvalue weighted by Crippen LogP contribution is 2.45. The Bertz CT molecular complexity index is 1180. The Labute approximate surface area is 177 Å². The lowest BCUT2D eigenvalue weighted by molar-refractivity contribution is -0.00603. The maximum atomic E-state index is 14.5. The number of aliphatic hydroxyl groups is 1. The molecule has 2 aromatic rings. The first-order valence-electron chi connectivity index (χ1n) is 9.91. The minimum Gasteiger partial charge on any atom is -0.491 e. The number of halogens is 2. The van der Waals surface area contributed by atoms with Crippen molar-refractivity contribution in [3.63, 3.8) is 0 Å². The van der Waals surface area contributed by atoms with E-state index in [1.54, 1.807) is 17.9 Å². The standard InChI is InChI=1S/C19H21F2N5O4S/c1-9-13(27)6-26(9)18-24-15(12-2-3-19(20,21)17(12)25-18)10-4-14-16(23-5-10)11(7-30-14)8-31(22,28)29/h4-5,9,11,13,27H,2-3,6-8H2,1H3,(H2,22,28,29)/t9-,11-,13+/m0/s1. The summed E-state index contributed by atoms with van der Waals surface area (Å²) in [5.41, 5.74) is 1.37. The third-order valence-electron chi connectivity index (χ3n) is 6.14. The predicted molar refractivity (Wildman–Crippen MR) is 107 cm³/mol. The average Bonchev–Trinajstić information content (AvgIpc) is 3.24. The number of nitrogens with two attached hydrogens (primary N) is 1. The highest BCUT2D eigenvalue weighted by Gasteiger charge is 2.45. The van der Waals surface area contributed by atoms with Crippen LogP contribution in [0.3, 0.4) is 0 Å². The Hall–Kier alpha value is -2.44. The highest BCUT2D eigenvalue weighted by molar-refractivity contribution is 7.89. The molecule has 3 N–H and O–H groups in total. The molecule has 1 fully saturated rings. The van der Waals surface area contributed by atoms with Crippen molar-refractivity contribution in [1.82, 2.24) is 15.0 Å². The van der Waals surface area contributed by atoms with Gasteiger partial charge in [-0.25, -0.2) is 23.5 Å². The van der Waals surface area contributed by atoms with Crippen molar-refractivity contribution in [1.29, 1.82) is 0 Å². The van der Waals surface area contributed by atoms with Gasteiger partial charge in [-0.15, -0.1) is 0 Å². The summed E-state index contributed by atoms with van der Waals surface area (Å²) >= 11 is 0. The van der Waals surface area contributed by atoms with E-state index in [2.05, 4.69) is 15.0 Å². The zero-order valence-corrected chi connectivity index (χ0v) is 17.4. The summed E-state index contributed by atoms with van der Waals surface area (Å²) in [6, 6.07) is 1.37. The number of primary sulfonamides is 1. The van der Waals surface area contributed by atoms with Crippen molar-refractivity contribution in [2.24, 2.45) is 5.14 Å². The molecular weight excluding hydrogens is 432 g/mol. The third kappa shape index (κ3) is 3.42. The molecule has 31 heavy (non-hydrogen) atoms. The normalized spacial score (nSPS) is 26.2. The third-order valence-corrected chi connectivity index (χ3v) is 7.00. The van der Waals surface area contributed by atoms with Gasteiger partial charge in [0.15, 0.2) is 0 Å². The first kappa shape index (κ1) is 20.5. The van der Waals surface area contributed by atoms with Crippen LogP contribution in [0.2, 0.25) is 0 Å². The lowest BCUT2D eigenvalue weighted by Crippen LogP contribution is -2.59. The van der Waals surface area contributed by atoms with Crippen LogP contribution in [0.15, 0.2) is 12.3 Å². The quantitative estimate of drug-likeness (QED) is 0.698. The van der Waals surface area contributed by atoms with Crippen LogP contribution in [0.1, 0.15) is 36.2 Å². The summed E-state index contributed by atoms with van der Waals surface area (Å²) in [4.78, 5) is 14.7. The number of alkyl halides is 2. The number of rotatable bonds is 4. The molecule has 166 valence electrons. The molecule has 0 saturated carbocycles. The molecule has 5 rings (SSSR count). The lowest BCUT2D eigenvalue weighted by Gasteiger charge is -2.43. The smallest absolute Gasteiger partial charge is 0.290 e. The zero-order chi connectivity index (χ0) is 22.1. The summed E-state index contributed by atoms with van der Waals surface area (Å²) in [6.45, 7) is 2.17. The van der Waals surface area contributed by atoms with Crippen LogP contribution in [0.4, 0.5) is 14.7 Å². The van der Waals surface area contributed by atoms with Gasteiger partial charge in [0.05, 0.1) is 41.8 Å². The number of β-amino-alcohol motifs (C(OH)–C–C–N with tert-alkyl or cyclic N) is 1. The van der Waals surface area contributed by atoms with Gasteiger partial charge in [0, 0.05) is 30.3 Å². The summed E-state index contributed by atoms with van der Waals surface area (Å²) in [5, 5.41) is 15.0.